The van der Waals surface area contributed by atoms with Gasteiger partial charge in [0.25, 0.3) is 0 Å². The Morgan fingerprint density at radius 2 is 1.71 bits per heavy atom. The molecule has 4 atom stereocenters. The molecule has 0 amide bonds. The molecule has 2 rings (SSSR count). The van der Waals surface area contributed by atoms with Gasteiger partial charge in [0, 0.05) is 25.2 Å². The van der Waals surface area contributed by atoms with Crippen LogP contribution in [0.5, 0.6) is 0 Å². The Hall–Kier alpha value is -0.160. The van der Waals surface area contributed by atoms with E-state index >= 15 is 0 Å². The molecule has 1 aliphatic carbocycles. The van der Waals surface area contributed by atoms with Gasteiger partial charge in [0.15, 0.2) is 0 Å². The maximum atomic E-state index is 9.44. The Labute approximate surface area is 84.7 Å². The first-order valence-corrected chi connectivity index (χ1v) is 5.52. The van der Waals surface area contributed by atoms with E-state index in [1.54, 1.807) is 0 Å². The predicted molar refractivity (Wildman–Crippen MR) is 53.8 cm³/mol. The second kappa shape index (κ2) is 4.14. The zero-order valence-corrected chi connectivity index (χ0v) is 8.47. The summed E-state index contributed by atoms with van der Waals surface area (Å²) in [7, 11) is 0. The first-order chi connectivity index (χ1) is 6.66. The van der Waals surface area contributed by atoms with Gasteiger partial charge in [-0.05, 0) is 19.3 Å². The first-order valence-electron chi connectivity index (χ1n) is 5.52. The highest BCUT2D eigenvalue weighted by molar-refractivity contribution is 4.90. The van der Waals surface area contributed by atoms with Gasteiger partial charge in [-0.3, -0.25) is 4.90 Å². The van der Waals surface area contributed by atoms with E-state index in [4.69, 9.17) is 5.73 Å². The molecular formula is C10H20N2O2. The van der Waals surface area contributed by atoms with Crippen molar-refractivity contribution < 1.29 is 10.2 Å². The maximum absolute atomic E-state index is 9.44. The summed E-state index contributed by atoms with van der Waals surface area (Å²) in [5.74, 6) is 0. The van der Waals surface area contributed by atoms with Crippen LogP contribution in [0.15, 0.2) is 0 Å². The zero-order valence-electron chi connectivity index (χ0n) is 8.47. The summed E-state index contributed by atoms with van der Waals surface area (Å²) < 4.78 is 0. The van der Waals surface area contributed by atoms with Crippen LogP contribution in [0.4, 0.5) is 0 Å². The largest absolute Gasteiger partial charge is 0.389 e. The summed E-state index contributed by atoms with van der Waals surface area (Å²) in [5.41, 5.74) is 5.91. The lowest BCUT2D eigenvalue weighted by atomic mass is 9.91. The van der Waals surface area contributed by atoms with Crippen molar-refractivity contribution in [3.8, 4) is 0 Å². The molecule has 4 nitrogen and oxygen atoms in total. The molecule has 1 saturated carbocycles. The lowest BCUT2D eigenvalue weighted by molar-refractivity contribution is 0.0572. The molecular weight excluding hydrogens is 180 g/mol. The van der Waals surface area contributed by atoms with E-state index in [1.807, 2.05) is 0 Å². The van der Waals surface area contributed by atoms with Crippen molar-refractivity contribution in [3.05, 3.63) is 0 Å². The molecule has 1 heterocycles. The molecule has 4 heteroatoms. The van der Waals surface area contributed by atoms with E-state index in [-0.39, 0.29) is 0 Å². The van der Waals surface area contributed by atoms with Crippen LogP contribution in [0.2, 0.25) is 0 Å². The standard InChI is InChI=1S/C10H20N2O2/c11-7-2-1-3-8(4-7)12-5-9(13)10(14)6-12/h7-10,13-14H,1-6,11H2. The zero-order chi connectivity index (χ0) is 10.1. The molecule has 1 aliphatic heterocycles. The lowest BCUT2D eigenvalue weighted by Crippen LogP contribution is -2.42. The minimum Gasteiger partial charge on any atom is -0.389 e. The first kappa shape index (κ1) is 10.4. The topological polar surface area (TPSA) is 69.7 Å². The number of nitrogens with zero attached hydrogens (tertiary/aromatic N) is 1. The fourth-order valence-corrected chi connectivity index (χ4v) is 2.63. The summed E-state index contributed by atoms with van der Waals surface area (Å²) in [5, 5.41) is 18.9. The van der Waals surface area contributed by atoms with Crippen LogP contribution in [0.1, 0.15) is 25.7 Å². The number of rotatable bonds is 1. The van der Waals surface area contributed by atoms with Crippen LogP contribution in [0.25, 0.3) is 0 Å². The molecule has 4 unspecified atom stereocenters. The molecule has 0 spiro atoms. The number of hydrogen-bond donors (Lipinski definition) is 3. The van der Waals surface area contributed by atoms with Crippen molar-refractivity contribution >= 4 is 0 Å². The number of β-amino-alcohol motifs (C(OH)–C–C–N with tert-alkyl or cyclic N) is 2. The summed E-state index contributed by atoms with van der Waals surface area (Å²) in [6.45, 7) is 1.22. The highest BCUT2D eigenvalue weighted by Gasteiger charge is 2.35. The Kier molecular flexibility index (Phi) is 3.07. The number of hydrogen-bond acceptors (Lipinski definition) is 4. The minimum atomic E-state index is -0.562. The van der Waals surface area contributed by atoms with E-state index < -0.39 is 12.2 Å². The monoisotopic (exact) mass is 200 g/mol. The van der Waals surface area contributed by atoms with Crippen LogP contribution in [-0.4, -0.2) is 52.5 Å². The third-order valence-electron chi connectivity index (χ3n) is 3.49. The Morgan fingerprint density at radius 3 is 2.29 bits per heavy atom. The number of aliphatic hydroxyl groups excluding tert-OH is 2. The normalized spacial score (nSPS) is 45.6. The van der Waals surface area contributed by atoms with Crippen molar-refractivity contribution in [3.63, 3.8) is 0 Å². The van der Waals surface area contributed by atoms with Gasteiger partial charge in [-0.15, -0.1) is 0 Å². The van der Waals surface area contributed by atoms with Gasteiger partial charge < -0.3 is 15.9 Å². The smallest absolute Gasteiger partial charge is 0.0938 e. The van der Waals surface area contributed by atoms with Gasteiger partial charge in [-0.25, -0.2) is 0 Å². The van der Waals surface area contributed by atoms with Crippen molar-refractivity contribution in [2.45, 2.75) is 50.0 Å². The average molecular weight is 200 g/mol. The van der Waals surface area contributed by atoms with Gasteiger partial charge in [0.05, 0.1) is 12.2 Å². The van der Waals surface area contributed by atoms with Crippen molar-refractivity contribution in [2.75, 3.05) is 13.1 Å². The summed E-state index contributed by atoms with van der Waals surface area (Å²) in [6, 6.07) is 0.786. The van der Waals surface area contributed by atoms with Crippen LogP contribution >= 0.6 is 0 Å². The van der Waals surface area contributed by atoms with Crippen molar-refractivity contribution in [2.24, 2.45) is 5.73 Å². The van der Waals surface area contributed by atoms with E-state index in [9.17, 15) is 10.2 Å². The van der Waals surface area contributed by atoms with E-state index in [1.165, 1.54) is 6.42 Å². The van der Waals surface area contributed by atoms with Gasteiger partial charge in [-0.2, -0.15) is 0 Å². The fourth-order valence-electron chi connectivity index (χ4n) is 2.63. The Bertz CT molecular complexity index is 188. The predicted octanol–water partition coefficient (Wildman–Crippen LogP) is -0.706. The molecule has 2 fully saturated rings. The molecule has 0 aromatic rings. The van der Waals surface area contributed by atoms with Gasteiger partial charge in [0.2, 0.25) is 0 Å². The molecule has 0 aromatic carbocycles. The molecule has 0 aromatic heterocycles. The summed E-state index contributed by atoms with van der Waals surface area (Å²) >= 11 is 0. The quantitative estimate of drug-likeness (QED) is 0.523. The van der Waals surface area contributed by atoms with Gasteiger partial charge in [-0.1, -0.05) is 6.42 Å². The molecule has 82 valence electrons. The minimum absolute atomic E-state index is 0.309. The SMILES string of the molecule is NC1CCCC(N2CC(O)C(O)C2)C1. The summed E-state index contributed by atoms with van der Waals surface area (Å²) in [6.07, 6.45) is 3.35. The van der Waals surface area contributed by atoms with Crippen LogP contribution in [-0.2, 0) is 0 Å². The number of likely N-dealkylation sites (tertiary alicyclic amines) is 1. The van der Waals surface area contributed by atoms with E-state index in [0.717, 1.165) is 19.3 Å². The van der Waals surface area contributed by atoms with Gasteiger partial charge in [0.1, 0.15) is 0 Å². The number of nitrogens with two attached hydrogens (primary N) is 1. The highest BCUT2D eigenvalue weighted by atomic mass is 16.3. The molecule has 4 N–H and O–H groups in total. The molecule has 2 aliphatic rings. The third-order valence-corrected chi connectivity index (χ3v) is 3.49. The van der Waals surface area contributed by atoms with E-state index in [2.05, 4.69) is 4.90 Å². The van der Waals surface area contributed by atoms with Crippen molar-refractivity contribution in [1.82, 2.24) is 4.90 Å². The lowest BCUT2D eigenvalue weighted by Gasteiger charge is -2.33. The van der Waals surface area contributed by atoms with E-state index in [0.29, 0.717) is 25.2 Å². The van der Waals surface area contributed by atoms with Gasteiger partial charge >= 0.3 is 0 Å². The average Bonchev–Trinajstić information content (AvgIpc) is 2.47. The molecule has 1 saturated heterocycles. The maximum Gasteiger partial charge on any atom is 0.0938 e. The summed E-state index contributed by atoms with van der Waals surface area (Å²) in [4.78, 5) is 2.19. The Balaban J connectivity index is 1.89. The molecule has 14 heavy (non-hydrogen) atoms. The number of aliphatic hydroxyl groups is 2. The second-order valence-electron chi connectivity index (χ2n) is 4.67. The van der Waals surface area contributed by atoms with Crippen molar-refractivity contribution in [1.29, 1.82) is 0 Å². The third kappa shape index (κ3) is 2.08. The molecule has 0 bridgehead atoms. The second-order valence-corrected chi connectivity index (χ2v) is 4.67. The molecule has 0 radical (unpaired) electrons. The fraction of sp³-hybridized carbons (Fsp3) is 1.00. The van der Waals surface area contributed by atoms with Crippen LogP contribution in [0, 0.1) is 0 Å². The highest BCUT2D eigenvalue weighted by Crippen LogP contribution is 2.25. The van der Waals surface area contributed by atoms with Crippen LogP contribution < -0.4 is 5.73 Å². The Morgan fingerprint density at radius 1 is 1.07 bits per heavy atom. The van der Waals surface area contributed by atoms with Crippen LogP contribution in [0.3, 0.4) is 0 Å².